The van der Waals surface area contributed by atoms with Crippen LogP contribution in [0.4, 0.5) is 5.69 Å². The number of benzene rings is 1. The van der Waals surface area contributed by atoms with E-state index in [0.29, 0.717) is 30.7 Å². The monoisotopic (exact) mass is 346 g/mol. The molecule has 2 N–H and O–H groups in total. The van der Waals surface area contributed by atoms with Crippen molar-refractivity contribution in [2.75, 3.05) is 18.5 Å². The highest BCUT2D eigenvalue weighted by Crippen LogP contribution is 2.29. The molecule has 0 saturated heterocycles. The van der Waals surface area contributed by atoms with Crippen molar-refractivity contribution in [1.82, 2.24) is 5.32 Å². The Morgan fingerprint density at radius 1 is 1.24 bits per heavy atom. The summed E-state index contributed by atoms with van der Waals surface area (Å²) in [6, 6.07) is 7.21. The molecule has 1 heterocycles. The highest BCUT2D eigenvalue weighted by atomic mass is 16.5. The predicted molar refractivity (Wildman–Crippen MR) is 94.6 cm³/mol. The van der Waals surface area contributed by atoms with E-state index in [1.54, 1.807) is 12.1 Å². The number of nitrogens with one attached hydrogen (secondary N) is 2. The van der Waals surface area contributed by atoms with E-state index in [1.807, 2.05) is 12.1 Å². The summed E-state index contributed by atoms with van der Waals surface area (Å²) in [7, 11) is 0. The molecular formula is C19H26N2O4. The number of rotatable bonds is 7. The molecule has 0 aromatic heterocycles. The second-order valence-corrected chi connectivity index (χ2v) is 6.63. The highest BCUT2D eigenvalue weighted by Gasteiger charge is 2.29. The summed E-state index contributed by atoms with van der Waals surface area (Å²) < 4.78 is 11.5. The molecule has 1 fully saturated rings. The normalized spacial score (nSPS) is 20.3. The van der Waals surface area contributed by atoms with Gasteiger partial charge in [-0.05, 0) is 31.4 Å². The third-order valence-corrected chi connectivity index (χ3v) is 4.63. The molecule has 0 bridgehead atoms. The van der Waals surface area contributed by atoms with Crippen LogP contribution < -0.4 is 15.4 Å². The molecule has 0 radical (unpaired) electrons. The average molecular weight is 346 g/mol. The van der Waals surface area contributed by atoms with Gasteiger partial charge in [0, 0.05) is 13.2 Å². The van der Waals surface area contributed by atoms with Crippen molar-refractivity contribution < 1.29 is 19.1 Å². The smallest absolute Gasteiger partial charge is 0.266 e. The van der Waals surface area contributed by atoms with E-state index in [1.165, 1.54) is 19.3 Å². The van der Waals surface area contributed by atoms with Crippen LogP contribution in [0.2, 0.25) is 0 Å². The first-order valence-electron chi connectivity index (χ1n) is 9.17. The van der Waals surface area contributed by atoms with E-state index < -0.39 is 6.10 Å². The summed E-state index contributed by atoms with van der Waals surface area (Å²) in [5.41, 5.74) is 0.643. The van der Waals surface area contributed by atoms with Crippen LogP contribution in [0.15, 0.2) is 24.3 Å². The van der Waals surface area contributed by atoms with Gasteiger partial charge in [-0.25, -0.2) is 0 Å². The van der Waals surface area contributed by atoms with Crippen molar-refractivity contribution in [2.24, 2.45) is 0 Å². The van der Waals surface area contributed by atoms with Crippen molar-refractivity contribution in [3.8, 4) is 5.75 Å². The first-order valence-corrected chi connectivity index (χ1v) is 9.17. The van der Waals surface area contributed by atoms with E-state index >= 15 is 0 Å². The zero-order valence-electron chi connectivity index (χ0n) is 14.5. The lowest BCUT2D eigenvalue weighted by Gasteiger charge is -2.25. The van der Waals surface area contributed by atoms with E-state index in [9.17, 15) is 9.59 Å². The van der Waals surface area contributed by atoms with E-state index in [2.05, 4.69) is 10.6 Å². The topological polar surface area (TPSA) is 76.7 Å². The van der Waals surface area contributed by atoms with Crippen LogP contribution in [0.1, 0.15) is 44.9 Å². The van der Waals surface area contributed by atoms with Crippen molar-refractivity contribution in [3.05, 3.63) is 24.3 Å². The van der Waals surface area contributed by atoms with Crippen LogP contribution in [0.25, 0.3) is 0 Å². The molecule has 136 valence electrons. The standard InChI is InChI=1S/C19H26N2O4/c22-18(20-11-6-12-24-14-7-2-1-3-8-14)13-17-19(23)21-15-9-4-5-10-16(15)25-17/h4-5,9-10,14,17H,1-3,6-8,11-13H2,(H,20,22)(H,21,23)/t17-/m0/s1. The predicted octanol–water partition coefficient (Wildman–Crippen LogP) is 2.63. The first kappa shape index (κ1) is 17.7. The fourth-order valence-electron chi connectivity index (χ4n) is 3.25. The van der Waals surface area contributed by atoms with Gasteiger partial charge in [-0.3, -0.25) is 9.59 Å². The Balaban J connectivity index is 1.33. The van der Waals surface area contributed by atoms with Crippen molar-refractivity contribution in [2.45, 2.75) is 57.2 Å². The number of fused-ring (bicyclic) bond motifs is 1. The molecule has 3 rings (SSSR count). The van der Waals surface area contributed by atoms with Crippen LogP contribution in [-0.4, -0.2) is 37.2 Å². The molecule has 0 unspecified atom stereocenters. The number of para-hydroxylation sites is 2. The van der Waals surface area contributed by atoms with Gasteiger partial charge in [0.25, 0.3) is 5.91 Å². The maximum atomic E-state index is 12.0. The summed E-state index contributed by atoms with van der Waals surface area (Å²) in [6.07, 6.45) is 6.55. The van der Waals surface area contributed by atoms with Crippen LogP contribution in [0, 0.1) is 0 Å². The molecule has 1 aliphatic carbocycles. The van der Waals surface area contributed by atoms with Crippen LogP contribution in [0.5, 0.6) is 5.75 Å². The molecule has 1 aromatic rings. The second kappa shape index (κ2) is 8.85. The Hall–Kier alpha value is -2.08. The van der Waals surface area contributed by atoms with Gasteiger partial charge in [0.05, 0.1) is 18.2 Å². The van der Waals surface area contributed by atoms with Gasteiger partial charge in [0.1, 0.15) is 5.75 Å². The lowest BCUT2D eigenvalue weighted by molar-refractivity contribution is -0.130. The van der Waals surface area contributed by atoms with Crippen LogP contribution in [0.3, 0.4) is 0 Å². The van der Waals surface area contributed by atoms with Gasteiger partial charge in [-0.15, -0.1) is 0 Å². The molecule has 6 heteroatoms. The third-order valence-electron chi connectivity index (χ3n) is 4.63. The van der Waals surface area contributed by atoms with Gasteiger partial charge < -0.3 is 20.1 Å². The Kier molecular flexibility index (Phi) is 6.28. The molecular weight excluding hydrogens is 320 g/mol. The molecule has 6 nitrogen and oxygen atoms in total. The minimum Gasteiger partial charge on any atom is -0.478 e. The number of carbonyl (C=O) groups is 2. The Bertz CT molecular complexity index is 599. The quantitative estimate of drug-likeness (QED) is 0.744. The zero-order chi connectivity index (χ0) is 17.5. The fourth-order valence-corrected chi connectivity index (χ4v) is 3.25. The minimum absolute atomic E-state index is 0.0175. The van der Waals surface area contributed by atoms with Gasteiger partial charge >= 0.3 is 0 Å². The van der Waals surface area contributed by atoms with Crippen molar-refractivity contribution >= 4 is 17.5 Å². The summed E-state index contributed by atoms with van der Waals surface area (Å²) in [5, 5.41) is 5.60. The van der Waals surface area contributed by atoms with Gasteiger partial charge in [-0.1, -0.05) is 31.4 Å². The average Bonchev–Trinajstić information content (AvgIpc) is 2.63. The fraction of sp³-hybridized carbons (Fsp3) is 0.579. The maximum Gasteiger partial charge on any atom is 0.266 e. The summed E-state index contributed by atoms with van der Waals surface area (Å²) >= 11 is 0. The summed E-state index contributed by atoms with van der Waals surface area (Å²) in [5.74, 6) is 0.132. The molecule has 1 saturated carbocycles. The Labute approximate surface area is 148 Å². The number of amides is 2. The number of hydrogen-bond acceptors (Lipinski definition) is 4. The minimum atomic E-state index is -0.784. The van der Waals surface area contributed by atoms with Gasteiger partial charge in [0.2, 0.25) is 5.91 Å². The lowest BCUT2D eigenvalue weighted by atomic mass is 9.98. The molecule has 2 aliphatic rings. The second-order valence-electron chi connectivity index (χ2n) is 6.63. The number of anilines is 1. The molecule has 25 heavy (non-hydrogen) atoms. The molecule has 0 spiro atoms. The third kappa shape index (κ3) is 5.19. The van der Waals surface area contributed by atoms with Crippen LogP contribution in [-0.2, 0) is 14.3 Å². The zero-order valence-corrected chi connectivity index (χ0v) is 14.5. The van der Waals surface area contributed by atoms with Crippen LogP contribution >= 0.6 is 0 Å². The Morgan fingerprint density at radius 2 is 2.04 bits per heavy atom. The lowest BCUT2D eigenvalue weighted by Crippen LogP contribution is -2.41. The summed E-state index contributed by atoms with van der Waals surface area (Å²) in [6.45, 7) is 1.22. The highest BCUT2D eigenvalue weighted by molar-refractivity contribution is 5.99. The number of hydrogen-bond donors (Lipinski definition) is 2. The molecule has 1 aliphatic heterocycles. The van der Waals surface area contributed by atoms with E-state index in [4.69, 9.17) is 9.47 Å². The molecule has 2 amide bonds. The van der Waals surface area contributed by atoms with Crippen molar-refractivity contribution in [3.63, 3.8) is 0 Å². The number of ether oxygens (including phenoxy) is 2. The maximum absolute atomic E-state index is 12.0. The first-order chi connectivity index (χ1) is 12.2. The van der Waals surface area contributed by atoms with Crippen molar-refractivity contribution in [1.29, 1.82) is 0 Å². The Morgan fingerprint density at radius 3 is 2.88 bits per heavy atom. The number of carbonyl (C=O) groups excluding carboxylic acids is 2. The van der Waals surface area contributed by atoms with E-state index in [-0.39, 0.29) is 18.2 Å². The summed E-state index contributed by atoms with van der Waals surface area (Å²) in [4.78, 5) is 24.0. The van der Waals surface area contributed by atoms with Gasteiger partial charge in [-0.2, -0.15) is 0 Å². The SMILES string of the molecule is O=C(C[C@@H]1Oc2ccccc2NC1=O)NCCCOC1CCCCC1. The molecule has 1 atom stereocenters. The van der Waals surface area contributed by atoms with E-state index in [0.717, 1.165) is 19.3 Å². The largest absolute Gasteiger partial charge is 0.478 e. The molecule has 1 aromatic carbocycles. The van der Waals surface area contributed by atoms with Gasteiger partial charge in [0.15, 0.2) is 6.10 Å².